The molecule has 1 aliphatic heterocycles. The van der Waals surface area contributed by atoms with E-state index in [2.05, 4.69) is 32.5 Å². The molecule has 2 aromatic heterocycles. The summed E-state index contributed by atoms with van der Waals surface area (Å²) in [6, 6.07) is 14.3. The van der Waals surface area contributed by atoms with Crippen molar-refractivity contribution in [1.29, 1.82) is 0 Å². The second kappa shape index (κ2) is 7.47. The maximum absolute atomic E-state index is 12.5. The van der Waals surface area contributed by atoms with E-state index in [1.54, 1.807) is 4.57 Å². The van der Waals surface area contributed by atoms with Crippen LogP contribution in [-0.4, -0.2) is 48.9 Å². The lowest BCUT2D eigenvalue weighted by atomic mass is 10.0. The summed E-state index contributed by atoms with van der Waals surface area (Å²) in [7, 11) is 0. The van der Waals surface area contributed by atoms with E-state index < -0.39 is 0 Å². The van der Waals surface area contributed by atoms with Crippen molar-refractivity contribution >= 4 is 16.8 Å². The Morgan fingerprint density at radius 1 is 1.00 bits per heavy atom. The van der Waals surface area contributed by atoms with Gasteiger partial charge in [0.15, 0.2) is 5.82 Å². The normalized spacial score (nSPS) is 18.5. The molecule has 162 valence electrons. The van der Waals surface area contributed by atoms with Crippen molar-refractivity contribution < 1.29 is 4.79 Å². The van der Waals surface area contributed by atoms with Crippen molar-refractivity contribution in [3.05, 3.63) is 59.1 Å². The van der Waals surface area contributed by atoms with Gasteiger partial charge in [0.2, 0.25) is 5.91 Å². The quantitative estimate of drug-likeness (QED) is 0.510. The zero-order valence-electron chi connectivity index (χ0n) is 17.6. The number of amides is 1. The smallest absolute Gasteiger partial charge is 0.342 e. The van der Waals surface area contributed by atoms with Gasteiger partial charge >= 0.3 is 5.69 Å². The number of carbonyl (C=O) groups is 1. The van der Waals surface area contributed by atoms with Gasteiger partial charge in [0.1, 0.15) is 0 Å². The van der Waals surface area contributed by atoms with E-state index in [1.165, 1.54) is 0 Å². The first kappa shape index (κ1) is 19.0. The Morgan fingerprint density at radius 3 is 2.59 bits per heavy atom. The summed E-state index contributed by atoms with van der Waals surface area (Å²) in [4.78, 5) is 26.8. The van der Waals surface area contributed by atoms with Crippen LogP contribution in [0.1, 0.15) is 19.3 Å². The lowest BCUT2D eigenvalue weighted by Gasteiger charge is -2.16. The molecule has 1 saturated heterocycles. The minimum absolute atomic E-state index is 0.208. The summed E-state index contributed by atoms with van der Waals surface area (Å²) in [5.41, 5.74) is 3.86. The highest BCUT2D eigenvalue weighted by Crippen LogP contribution is 2.33. The lowest BCUT2D eigenvalue weighted by molar-refractivity contribution is -0.131. The van der Waals surface area contributed by atoms with Crippen LogP contribution in [0.2, 0.25) is 0 Å². The Labute approximate surface area is 184 Å². The van der Waals surface area contributed by atoms with Gasteiger partial charge in [-0.15, -0.1) is 0 Å². The zero-order valence-corrected chi connectivity index (χ0v) is 17.6. The molecule has 8 heteroatoms. The molecule has 1 saturated carbocycles. The highest BCUT2D eigenvalue weighted by Gasteiger charge is 2.36. The highest BCUT2D eigenvalue weighted by atomic mass is 16.2. The number of likely N-dealkylation sites (tertiary alicyclic amines) is 1. The molecule has 2 fully saturated rings. The third kappa shape index (κ3) is 3.41. The number of hydrogen-bond acceptors (Lipinski definition) is 4. The number of benzene rings is 2. The SMILES string of the molecule is O=C(C1CC1)N1CC[C@@H](Cn2c(-c3ccc(-c4ccc5cn[nH]c5c4)cc3)n[nH]c2=O)C1. The molecule has 3 heterocycles. The average molecular weight is 428 g/mol. The van der Waals surface area contributed by atoms with Crippen molar-refractivity contribution in [2.75, 3.05) is 13.1 Å². The number of aromatic nitrogens is 5. The van der Waals surface area contributed by atoms with Gasteiger partial charge in [-0.25, -0.2) is 9.89 Å². The van der Waals surface area contributed by atoms with Gasteiger partial charge in [-0.2, -0.15) is 10.2 Å². The topological polar surface area (TPSA) is 99.7 Å². The van der Waals surface area contributed by atoms with Crippen LogP contribution in [0.25, 0.3) is 33.4 Å². The van der Waals surface area contributed by atoms with E-state index in [9.17, 15) is 9.59 Å². The number of fused-ring (bicyclic) bond motifs is 1. The summed E-state index contributed by atoms with van der Waals surface area (Å²) in [5, 5.41) is 15.1. The number of aromatic amines is 2. The first-order valence-electron chi connectivity index (χ1n) is 11.1. The third-order valence-corrected chi connectivity index (χ3v) is 6.64. The summed E-state index contributed by atoms with van der Waals surface area (Å²) in [6.07, 6.45) is 4.78. The molecule has 6 rings (SSSR count). The molecule has 4 aromatic rings. The first-order valence-corrected chi connectivity index (χ1v) is 11.1. The predicted molar refractivity (Wildman–Crippen MR) is 121 cm³/mol. The van der Waals surface area contributed by atoms with Crippen LogP contribution in [0, 0.1) is 11.8 Å². The minimum Gasteiger partial charge on any atom is -0.342 e. The van der Waals surface area contributed by atoms with Crippen molar-refractivity contribution in [1.82, 2.24) is 29.9 Å². The molecule has 0 radical (unpaired) electrons. The van der Waals surface area contributed by atoms with E-state index in [1.807, 2.05) is 41.4 Å². The Bertz CT molecular complexity index is 1340. The molecule has 1 atom stereocenters. The average Bonchev–Trinajstić information content (AvgIpc) is 3.21. The Hall–Kier alpha value is -3.68. The molecule has 0 unspecified atom stereocenters. The number of nitrogens with one attached hydrogen (secondary N) is 2. The van der Waals surface area contributed by atoms with Crippen molar-refractivity contribution in [2.24, 2.45) is 11.8 Å². The first-order chi connectivity index (χ1) is 15.7. The van der Waals surface area contributed by atoms with Gasteiger partial charge < -0.3 is 4.90 Å². The van der Waals surface area contributed by atoms with Crippen molar-refractivity contribution in [2.45, 2.75) is 25.8 Å². The van der Waals surface area contributed by atoms with Crippen LogP contribution in [0.15, 0.2) is 53.5 Å². The van der Waals surface area contributed by atoms with E-state index in [-0.39, 0.29) is 23.4 Å². The standard InChI is InChI=1S/C24H24N6O2/c31-23(18-5-6-18)29-10-9-15(13-29)14-30-22(27-28-24(30)32)17-3-1-16(2-4-17)19-7-8-20-12-25-26-21(20)11-19/h1-4,7-8,11-12,15,18H,5-6,9-10,13-14H2,(H,25,26)(H,28,32)/t15-/m1/s1. The molecule has 8 nitrogen and oxygen atoms in total. The molecule has 1 aliphatic carbocycles. The van der Waals surface area contributed by atoms with E-state index in [4.69, 9.17) is 0 Å². The molecule has 0 bridgehead atoms. The van der Waals surface area contributed by atoms with Crippen molar-refractivity contribution in [3.63, 3.8) is 0 Å². The molecule has 2 aliphatic rings. The van der Waals surface area contributed by atoms with E-state index in [0.717, 1.165) is 59.9 Å². The predicted octanol–water partition coefficient (Wildman–Crippen LogP) is 3.04. The lowest BCUT2D eigenvalue weighted by Crippen LogP contribution is -2.31. The largest absolute Gasteiger partial charge is 0.343 e. The monoisotopic (exact) mass is 428 g/mol. The van der Waals surface area contributed by atoms with Gasteiger partial charge in [0.05, 0.1) is 11.7 Å². The van der Waals surface area contributed by atoms with Gasteiger partial charge in [-0.05, 0) is 42.4 Å². The number of nitrogens with zero attached hydrogens (tertiary/aromatic N) is 4. The van der Waals surface area contributed by atoms with E-state index >= 15 is 0 Å². The maximum atomic E-state index is 12.5. The molecule has 0 spiro atoms. The van der Waals surface area contributed by atoms with Crippen LogP contribution in [0.3, 0.4) is 0 Å². The molecular weight excluding hydrogens is 404 g/mol. The molecule has 1 amide bonds. The van der Waals surface area contributed by atoms with Gasteiger partial charge in [-0.1, -0.05) is 36.4 Å². The van der Waals surface area contributed by atoms with Gasteiger partial charge in [0.25, 0.3) is 0 Å². The number of rotatable bonds is 5. The fourth-order valence-corrected chi connectivity index (χ4v) is 4.66. The molecule has 2 aromatic carbocycles. The summed E-state index contributed by atoms with van der Waals surface area (Å²) in [5.74, 6) is 1.44. The minimum atomic E-state index is -0.208. The number of hydrogen-bond donors (Lipinski definition) is 2. The van der Waals surface area contributed by atoms with Gasteiger partial charge in [0, 0.05) is 36.5 Å². The highest BCUT2D eigenvalue weighted by molar-refractivity contribution is 5.84. The Morgan fingerprint density at radius 2 is 1.78 bits per heavy atom. The van der Waals surface area contributed by atoms with Crippen molar-refractivity contribution in [3.8, 4) is 22.5 Å². The molecular formula is C24H24N6O2. The Balaban J connectivity index is 1.22. The maximum Gasteiger partial charge on any atom is 0.343 e. The Kier molecular flexibility index (Phi) is 4.45. The second-order valence-corrected chi connectivity index (χ2v) is 8.93. The fraction of sp³-hybridized carbons (Fsp3) is 0.333. The number of carbonyl (C=O) groups excluding carboxylic acids is 1. The van der Waals surface area contributed by atoms with E-state index in [0.29, 0.717) is 12.4 Å². The van der Waals surface area contributed by atoms with Crippen LogP contribution in [-0.2, 0) is 11.3 Å². The molecule has 2 N–H and O–H groups in total. The summed E-state index contributed by atoms with van der Waals surface area (Å²) >= 11 is 0. The second-order valence-electron chi connectivity index (χ2n) is 8.93. The third-order valence-electron chi connectivity index (χ3n) is 6.64. The van der Waals surface area contributed by atoms with Crippen LogP contribution in [0.4, 0.5) is 0 Å². The van der Waals surface area contributed by atoms with Crippen LogP contribution in [0.5, 0.6) is 0 Å². The zero-order chi connectivity index (χ0) is 21.7. The van der Waals surface area contributed by atoms with Crippen LogP contribution >= 0.6 is 0 Å². The summed E-state index contributed by atoms with van der Waals surface area (Å²) in [6.45, 7) is 2.08. The number of H-pyrrole nitrogens is 2. The van der Waals surface area contributed by atoms with Gasteiger partial charge in [-0.3, -0.25) is 14.5 Å². The van der Waals surface area contributed by atoms with Crippen LogP contribution < -0.4 is 5.69 Å². The fourth-order valence-electron chi connectivity index (χ4n) is 4.66. The molecule has 32 heavy (non-hydrogen) atoms. The summed E-state index contributed by atoms with van der Waals surface area (Å²) < 4.78 is 1.71.